The van der Waals surface area contributed by atoms with Crippen molar-refractivity contribution >= 4 is 40.6 Å². The fourth-order valence-corrected chi connectivity index (χ4v) is 9.23. The maximum Gasteiger partial charge on any atom is 0.335 e. The van der Waals surface area contributed by atoms with E-state index in [1.165, 1.54) is 30.3 Å². The van der Waals surface area contributed by atoms with Crippen molar-refractivity contribution in [1.82, 2.24) is 0 Å². The number of aliphatic hydroxyl groups is 1. The van der Waals surface area contributed by atoms with Crippen LogP contribution in [-0.4, -0.2) is 52.8 Å². The van der Waals surface area contributed by atoms with Gasteiger partial charge in [0.1, 0.15) is 12.4 Å². The smallest absolute Gasteiger partial charge is 0.335 e. The molecule has 4 aliphatic rings. The van der Waals surface area contributed by atoms with E-state index in [0.717, 1.165) is 10.5 Å². The number of carbonyl (C=O) groups excluding carboxylic acids is 4. The number of anilines is 1. The van der Waals surface area contributed by atoms with E-state index in [1.54, 1.807) is 18.2 Å². The Morgan fingerprint density at radius 2 is 1.48 bits per heavy atom. The quantitative estimate of drug-likeness (QED) is 0.175. The van der Waals surface area contributed by atoms with Crippen molar-refractivity contribution in [3.63, 3.8) is 0 Å². The maximum absolute atomic E-state index is 15.2. The van der Waals surface area contributed by atoms with Gasteiger partial charge in [-0.15, -0.1) is 0 Å². The molecule has 0 aromatic heterocycles. The molecular formula is C43H35NO8. The monoisotopic (exact) mass is 693 g/mol. The summed E-state index contributed by atoms with van der Waals surface area (Å²) in [6, 6.07) is 31.4. The lowest BCUT2D eigenvalue weighted by atomic mass is 9.44. The number of carboxylic acids is 1. The molecule has 2 fully saturated rings. The van der Waals surface area contributed by atoms with Crippen LogP contribution in [0.1, 0.15) is 45.8 Å². The number of hydrogen-bond donors (Lipinski definition) is 2. The Balaban J connectivity index is 1.34. The molecule has 4 aromatic rings. The number of fused-ring (bicyclic) bond motifs is 4. The zero-order chi connectivity index (χ0) is 36.1. The first kappa shape index (κ1) is 33.2. The molecule has 1 saturated carbocycles. The van der Waals surface area contributed by atoms with E-state index >= 15 is 9.59 Å². The molecule has 2 amide bonds. The minimum absolute atomic E-state index is 0.00618. The number of amides is 2. The Kier molecular flexibility index (Phi) is 8.30. The second-order valence-corrected chi connectivity index (χ2v) is 13.8. The van der Waals surface area contributed by atoms with Gasteiger partial charge in [0, 0.05) is 23.0 Å². The number of para-hydroxylation sites is 1. The van der Waals surface area contributed by atoms with E-state index in [-0.39, 0.29) is 54.8 Å². The van der Waals surface area contributed by atoms with E-state index in [0.29, 0.717) is 28.0 Å². The summed E-state index contributed by atoms with van der Waals surface area (Å²) < 4.78 is 6.10. The molecule has 0 unspecified atom stereocenters. The first-order valence-electron chi connectivity index (χ1n) is 17.4. The van der Waals surface area contributed by atoms with E-state index in [2.05, 4.69) is 0 Å². The van der Waals surface area contributed by atoms with Gasteiger partial charge >= 0.3 is 5.97 Å². The predicted octanol–water partition coefficient (Wildman–Crippen LogP) is 5.78. The standard InChI is InChI=1S/C43H35NO8/c45-21-22-52-35-14-8-7-13-30(35)38-29-19-20-31-37(41(49)44(40(31)48)28-17-15-26(16-18-28)42(50)51)33(29)23-34-39(47)32(25-9-3-1-4-10-25)24-36(46)43(34,38)27-11-5-2-6-12-27/h1-19,24,31,33-34,37-38,45H,20-23H2,(H,50,51)/t31-,33+,34-,37-,38+,43-/m0/s1. The number of imide groups is 1. The van der Waals surface area contributed by atoms with Gasteiger partial charge in [0.15, 0.2) is 11.6 Å². The number of rotatable bonds is 8. The lowest BCUT2D eigenvalue weighted by Gasteiger charge is -2.55. The molecule has 52 heavy (non-hydrogen) atoms. The van der Waals surface area contributed by atoms with Crippen molar-refractivity contribution in [2.45, 2.75) is 24.2 Å². The van der Waals surface area contributed by atoms with Crippen LogP contribution in [0.2, 0.25) is 0 Å². The van der Waals surface area contributed by atoms with E-state index in [9.17, 15) is 24.6 Å². The number of carbonyl (C=O) groups is 5. The number of hydrogen-bond acceptors (Lipinski definition) is 7. The number of ketones is 2. The molecule has 4 aromatic carbocycles. The molecule has 0 spiro atoms. The van der Waals surface area contributed by atoms with Gasteiger partial charge in [0.05, 0.1) is 35.1 Å². The number of ether oxygens (including phenoxy) is 1. The van der Waals surface area contributed by atoms with Gasteiger partial charge in [0.2, 0.25) is 11.8 Å². The third-order valence-electron chi connectivity index (χ3n) is 11.3. The largest absolute Gasteiger partial charge is 0.491 e. The number of Topliss-reactive ketones (excluding diaryl/α,β-unsaturated/α-hetero) is 1. The fourth-order valence-electron chi connectivity index (χ4n) is 9.23. The topological polar surface area (TPSA) is 138 Å². The van der Waals surface area contributed by atoms with Gasteiger partial charge < -0.3 is 14.9 Å². The van der Waals surface area contributed by atoms with Gasteiger partial charge in [-0.1, -0.05) is 90.5 Å². The molecule has 6 atom stereocenters. The van der Waals surface area contributed by atoms with Crippen molar-refractivity contribution in [2.75, 3.05) is 18.1 Å². The molecule has 9 nitrogen and oxygen atoms in total. The first-order valence-corrected chi connectivity index (χ1v) is 17.4. The molecule has 2 N–H and O–H groups in total. The number of benzene rings is 4. The van der Waals surface area contributed by atoms with Crippen molar-refractivity contribution < 1.29 is 38.9 Å². The Bertz CT molecular complexity index is 2170. The molecule has 1 saturated heterocycles. The van der Waals surface area contributed by atoms with Crippen LogP contribution < -0.4 is 9.64 Å². The van der Waals surface area contributed by atoms with Crippen molar-refractivity contribution in [1.29, 1.82) is 0 Å². The summed E-state index contributed by atoms with van der Waals surface area (Å²) in [4.78, 5) is 71.6. The highest BCUT2D eigenvalue weighted by molar-refractivity contribution is 6.32. The summed E-state index contributed by atoms with van der Waals surface area (Å²) in [6.45, 7) is -0.229. The molecule has 0 bridgehead atoms. The first-order chi connectivity index (χ1) is 25.3. The number of nitrogens with zero attached hydrogens (tertiary/aromatic N) is 1. The minimum atomic E-state index is -1.41. The summed E-state index contributed by atoms with van der Waals surface area (Å²) in [7, 11) is 0. The van der Waals surface area contributed by atoms with Crippen LogP contribution in [0.4, 0.5) is 5.69 Å². The summed E-state index contributed by atoms with van der Waals surface area (Å²) in [6.07, 6.45) is 3.85. The lowest BCUT2D eigenvalue weighted by Crippen LogP contribution is -2.58. The number of aliphatic hydroxyl groups excluding tert-OH is 1. The predicted molar refractivity (Wildman–Crippen MR) is 191 cm³/mol. The summed E-state index contributed by atoms with van der Waals surface area (Å²) in [5, 5.41) is 19.1. The summed E-state index contributed by atoms with van der Waals surface area (Å²) in [5.74, 6) is -5.70. The SMILES string of the molecule is O=C(O)c1ccc(N2C(=O)[C@H]3[C@H](CC=C4[C@H]3C[C@H]3C(=O)C(c5ccccc5)=CC(=O)[C@@]3(c3ccccc3)[C@H]4c3ccccc3OCCO)C2=O)cc1. The average molecular weight is 694 g/mol. The molecule has 1 heterocycles. The van der Waals surface area contributed by atoms with Crippen molar-refractivity contribution in [2.24, 2.45) is 23.7 Å². The highest BCUT2D eigenvalue weighted by atomic mass is 16.5. The Morgan fingerprint density at radius 3 is 2.17 bits per heavy atom. The van der Waals surface area contributed by atoms with Crippen LogP contribution in [-0.2, 0) is 24.6 Å². The van der Waals surface area contributed by atoms with Gasteiger partial charge in [-0.25, -0.2) is 4.79 Å². The van der Waals surface area contributed by atoms with E-state index in [4.69, 9.17) is 4.74 Å². The van der Waals surface area contributed by atoms with Crippen LogP contribution in [0.5, 0.6) is 5.75 Å². The Morgan fingerprint density at radius 1 is 0.808 bits per heavy atom. The zero-order valence-electron chi connectivity index (χ0n) is 28.1. The van der Waals surface area contributed by atoms with Gasteiger partial charge in [-0.05, 0) is 66.3 Å². The molecule has 1 aliphatic heterocycles. The number of allylic oxidation sites excluding steroid dienone is 4. The zero-order valence-corrected chi connectivity index (χ0v) is 28.1. The van der Waals surface area contributed by atoms with Crippen LogP contribution in [0.15, 0.2) is 127 Å². The maximum atomic E-state index is 15.2. The number of aromatic carboxylic acids is 1. The van der Waals surface area contributed by atoms with Gasteiger partial charge in [0.25, 0.3) is 0 Å². The minimum Gasteiger partial charge on any atom is -0.491 e. The van der Waals surface area contributed by atoms with Crippen molar-refractivity contribution in [3.05, 3.63) is 149 Å². The molecule has 8 rings (SSSR count). The lowest BCUT2D eigenvalue weighted by molar-refractivity contribution is -0.135. The van der Waals surface area contributed by atoms with Crippen molar-refractivity contribution in [3.8, 4) is 5.75 Å². The third-order valence-corrected chi connectivity index (χ3v) is 11.3. The molecule has 0 radical (unpaired) electrons. The number of carboxylic acid groups (broad SMARTS) is 1. The summed E-state index contributed by atoms with van der Waals surface area (Å²) >= 11 is 0. The second-order valence-electron chi connectivity index (χ2n) is 13.8. The summed E-state index contributed by atoms with van der Waals surface area (Å²) in [5.41, 5.74) is 1.93. The van der Waals surface area contributed by atoms with Crippen LogP contribution in [0.25, 0.3) is 5.57 Å². The highest BCUT2D eigenvalue weighted by Gasteiger charge is 2.66. The van der Waals surface area contributed by atoms with Crippen LogP contribution in [0.3, 0.4) is 0 Å². The molecular weight excluding hydrogens is 658 g/mol. The van der Waals surface area contributed by atoms with Gasteiger partial charge in [-0.3, -0.25) is 24.1 Å². The normalized spacial score (nSPS) is 26.6. The highest BCUT2D eigenvalue weighted by Crippen LogP contribution is 2.64. The molecule has 3 aliphatic carbocycles. The Labute approximate surface area is 299 Å². The molecule has 9 heteroatoms. The Hall–Kier alpha value is -5.93. The fraction of sp³-hybridized carbons (Fsp3) is 0.233. The average Bonchev–Trinajstić information content (AvgIpc) is 3.44. The van der Waals surface area contributed by atoms with Gasteiger partial charge in [-0.2, -0.15) is 0 Å². The molecule has 260 valence electrons. The van der Waals surface area contributed by atoms with Crippen LogP contribution in [0, 0.1) is 23.7 Å². The van der Waals surface area contributed by atoms with E-state index < -0.39 is 46.9 Å². The van der Waals surface area contributed by atoms with E-state index in [1.807, 2.05) is 72.8 Å². The van der Waals surface area contributed by atoms with Crippen LogP contribution >= 0.6 is 0 Å². The third kappa shape index (κ3) is 4.98. The second kappa shape index (κ2) is 13.0.